The summed E-state index contributed by atoms with van der Waals surface area (Å²) in [6.45, 7) is 4.59. The Bertz CT molecular complexity index is 463. The second-order valence-electron chi connectivity index (χ2n) is 6.17. The van der Waals surface area contributed by atoms with Gasteiger partial charge >= 0.3 is 0 Å². The molecule has 0 aromatic carbocycles. The van der Waals surface area contributed by atoms with Crippen LogP contribution in [-0.4, -0.2) is 28.9 Å². The Morgan fingerprint density at radius 3 is 2.63 bits per heavy atom. The monoisotopic (exact) mass is 280 g/mol. The molecule has 3 nitrogen and oxygen atoms in total. The van der Waals surface area contributed by atoms with E-state index in [0.717, 1.165) is 25.7 Å². The van der Waals surface area contributed by atoms with Crippen molar-refractivity contribution in [1.82, 2.24) is 9.88 Å². The molecule has 0 unspecified atom stereocenters. The Morgan fingerprint density at radius 1 is 1.42 bits per heavy atom. The summed E-state index contributed by atoms with van der Waals surface area (Å²) in [5.41, 5.74) is 0.842. The van der Waals surface area contributed by atoms with E-state index in [9.17, 15) is 4.79 Å². The second-order valence-corrected chi connectivity index (χ2v) is 6.61. The van der Waals surface area contributed by atoms with E-state index in [-0.39, 0.29) is 5.91 Å². The summed E-state index contributed by atoms with van der Waals surface area (Å²) in [7, 11) is 1.87. The van der Waals surface area contributed by atoms with Gasteiger partial charge in [0.15, 0.2) is 0 Å². The highest BCUT2D eigenvalue weighted by molar-refractivity contribution is 6.30. The van der Waals surface area contributed by atoms with Crippen molar-refractivity contribution in [3.05, 3.63) is 29.0 Å². The van der Waals surface area contributed by atoms with E-state index in [1.807, 2.05) is 11.9 Å². The van der Waals surface area contributed by atoms with Crippen molar-refractivity contribution >= 4 is 17.5 Å². The number of nitrogens with zero attached hydrogens (tertiary/aromatic N) is 2. The van der Waals surface area contributed by atoms with Crippen LogP contribution in [-0.2, 0) is 0 Å². The molecule has 19 heavy (non-hydrogen) atoms. The molecule has 0 bridgehead atoms. The molecule has 1 saturated carbocycles. The number of halogens is 1. The van der Waals surface area contributed by atoms with Gasteiger partial charge in [0.2, 0.25) is 0 Å². The number of pyridine rings is 1. The van der Waals surface area contributed by atoms with E-state index < -0.39 is 0 Å². The maximum absolute atomic E-state index is 12.4. The third-order valence-electron chi connectivity index (χ3n) is 4.12. The fourth-order valence-corrected chi connectivity index (χ4v) is 2.80. The van der Waals surface area contributed by atoms with Gasteiger partial charge in [-0.25, -0.2) is 0 Å². The Morgan fingerprint density at radius 2 is 2.05 bits per heavy atom. The van der Waals surface area contributed by atoms with Crippen LogP contribution < -0.4 is 0 Å². The van der Waals surface area contributed by atoms with E-state index in [1.54, 1.807) is 18.3 Å². The van der Waals surface area contributed by atoms with Gasteiger partial charge in [-0.1, -0.05) is 25.4 Å². The number of rotatable bonds is 2. The Labute approximate surface area is 120 Å². The van der Waals surface area contributed by atoms with Gasteiger partial charge in [0.1, 0.15) is 5.69 Å². The fourth-order valence-electron chi connectivity index (χ4n) is 2.64. The predicted molar refractivity (Wildman–Crippen MR) is 77.4 cm³/mol. The summed E-state index contributed by atoms with van der Waals surface area (Å²) in [5.74, 6) is -0.0350. The van der Waals surface area contributed by atoms with E-state index in [2.05, 4.69) is 18.8 Å². The second kappa shape index (κ2) is 5.49. The first-order valence-corrected chi connectivity index (χ1v) is 7.15. The lowest BCUT2D eigenvalue weighted by molar-refractivity contribution is 0.0629. The maximum atomic E-state index is 12.4. The number of amides is 1. The number of aromatic nitrogens is 1. The molecule has 2 rings (SSSR count). The van der Waals surface area contributed by atoms with Crippen LogP contribution in [0.15, 0.2) is 18.3 Å². The lowest BCUT2D eigenvalue weighted by Crippen LogP contribution is -2.41. The summed E-state index contributed by atoms with van der Waals surface area (Å²) in [6.07, 6.45) is 6.04. The van der Waals surface area contributed by atoms with Crippen LogP contribution in [0.4, 0.5) is 0 Å². The summed E-state index contributed by atoms with van der Waals surface area (Å²) < 4.78 is 0. The topological polar surface area (TPSA) is 33.2 Å². The van der Waals surface area contributed by atoms with Gasteiger partial charge in [-0.3, -0.25) is 9.78 Å². The summed E-state index contributed by atoms with van der Waals surface area (Å²) in [4.78, 5) is 18.3. The highest BCUT2D eigenvalue weighted by atomic mass is 35.5. The zero-order valence-corrected chi connectivity index (χ0v) is 12.6. The minimum Gasteiger partial charge on any atom is -0.337 e. The smallest absolute Gasteiger partial charge is 0.272 e. The van der Waals surface area contributed by atoms with Gasteiger partial charge in [0.05, 0.1) is 0 Å². The molecule has 1 amide bonds. The van der Waals surface area contributed by atoms with Gasteiger partial charge in [0.25, 0.3) is 5.91 Å². The van der Waals surface area contributed by atoms with Crippen LogP contribution in [0.5, 0.6) is 0 Å². The molecule has 104 valence electrons. The number of hydrogen-bond acceptors (Lipinski definition) is 2. The molecule has 1 aliphatic rings. The minimum atomic E-state index is -0.0350. The van der Waals surface area contributed by atoms with Gasteiger partial charge in [-0.05, 0) is 43.2 Å². The largest absolute Gasteiger partial charge is 0.337 e. The third kappa shape index (κ3) is 3.47. The fraction of sp³-hybridized carbons (Fsp3) is 0.600. The number of hydrogen-bond donors (Lipinski definition) is 0. The van der Waals surface area contributed by atoms with Crippen LogP contribution in [0.3, 0.4) is 0 Å². The minimum absolute atomic E-state index is 0.0350. The normalized spacial score (nSPS) is 19.2. The van der Waals surface area contributed by atoms with E-state index >= 15 is 0 Å². The van der Waals surface area contributed by atoms with Crippen molar-refractivity contribution in [3.8, 4) is 0 Å². The lowest BCUT2D eigenvalue weighted by Gasteiger charge is -2.38. The summed E-state index contributed by atoms with van der Waals surface area (Å²) >= 11 is 5.91. The molecular formula is C15H21ClN2O. The molecule has 1 aliphatic carbocycles. The Hall–Kier alpha value is -1.09. The molecule has 0 aliphatic heterocycles. The molecule has 4 heteroatoms. The molecule has 0 saturated heterocycles. The standard InChI is InChI=1S/C15H21ClN2O/c1-15(2)7-4-12(5-8-15)18(3)14(19)13-10-11(16)6-9-17-13/h6,9-10,12H,4-5,7-8H2,1-3H3. The molecule has 1 aromatic heterocycles. The molecule has 1 heterocycles. The number of carbonyl (C=O) groups is 1. The van der Waals surface area contributed by atoms with E-state index in [1.165, 1.54) is 0 Å². The zero-order valence-electron chi connectivity index (χ0n) is 11.8. The number of carbonyl (C=O) groups excluding carboxylic acids is 1. The van der Waals surface area contributed by atoms with Crippen LogP contribution in [0, 0.1) is 5.41 Å². The van der Waals surface area contributed by atoms with Crippen molar-refractivity contribution < 1.29 is 4.79 Å². The Kier molecular flexibility index (Phi) is 4.14. The van der Waals surface area contributed by atoms with Gasteiger partial charge in [-0.15, -0.1) is 0 Å². The summed E-state index contributed by atoms with van der Waals surface area (Å²) in [6, 6.07) is 3.63. The molecule has 1 fully saturated rings. The van der Waals surface area contributed by atoms with Crippen molar-refractivity contribution in [2.75, 3.05) is 7.05 Å². The first-order chi connectivity index (χ1) is 8.89. The van der Waals surface area contributed by atoms with Crippen molar-refractivity contribution in [1.29, 1.82) is 0 Å². The summed E-state index contributed by atoms with van der Waals surface area (Å²) in [5, 5.41) is 0.552. The molecule has 1 aromatic rings. The van der Waals surface area contributed by atoms with E-state index in [0.29, 0.717) is 22.2 Å². The lowest BCUT2D eigenvalue weighted by atomic mass is 9.75. The molecule has 0 spiro atoms. The molecule has 0 atom stereocenters. The molecule has 0 N–H and O–H groups in total. The van der Waals surface area contributed by atoms with Gasteiger partial charge in [0, 0.05) is 24.3 Å². The van der Waals surface area contributed by atoms with Gasteiger partial charge in [-0.2, -0.15) is 0 Å². The maximum Gasteiger partial charge on any atom is 0.272 e. The van der Waals surface area contributed by atoms with Gasteiger partial charge < -0.3 is 4.90 Å². The molecule has 0 radical (unpaired) electrons. The predicted octanol–water partition coefficient (Wildman–Crippen LogP) is 3.78. The van der Waals surface area contributed by atoms with Crippen molar-refractivity contribution in [3.63, 3.8) is 0 Å². The first kappa shape index (κ1) is 14.3. The zero-order chi connectivity index (χ0) is 14.0. The quantitative estimate of drug-likeness (QED) is 0.826. The van der Waals surface area contributed by atoms with Crippen LogP contribution >= 0.6 is 11.6 Å². The average molecular weight is 281 g/mol. The van der Waals surface area contributed by atoms with Crippen molar-refractivity contribution in [2.45, 2.75) is 45.6 Å². The first-order valence-electron chi connectivity index (χ1n) is 6.78. The highest BCUT2D eigenvalue weighted by Gasteiger charge is 2.31. The van der Waals surface area contributed by atoms with Crippen LogP contribution in [0.1, 0.15) is 50.0 Å². The Balaban J connectivity index is 2.04. The SMILES string of the molecule is CN(C(=O)c1cc(Cl)ccn1)C1CCC(C)(C)CC1. The molecular weight excluding hydrogens is 260 g/mol. The highest BCUT2D eigenvalue weighted by Crippen LogP contribution is 2.36. The van der Waals surface area contributed by atoms with Crippen molar-refractivity contribution in [2.24, 2.45) is 5.41 Å². The third-order valence-corrected chi connectivity index (χ3v) is 4.35. The van der Waals surface area contributed by atoms with Crippen LogP contribution in [0.2, 0.25) is 5.02 Å². The van der Waals surface area contributed by atoms with Crippen LogP contribution in [0.25, 0.3) is 0 Å². The van der Waals surface area contributed by atoms with E-state index in [4.69, 9.17) is 11.6 Å². The average Bonchev–Trinajstić information content (AvgIpc) is 2.37.